The highest BCUT2D eigenvalue weighted by Crippen LogP contribution is 2.37. The minimum atomic E-state index is -0.408. The highest BCUT2D eigenvalue weighted by Gasteiger charge is 2.39. The second-order valence-corrected chi connectivity index (χ2v) is 6.20. The molecule has 1 saturated carbocycles. The van der Waals surface area contributed by atoms with Crippen LogP contribution < -0.4 is 10.7 Å². The Morgan fingerprint density at radius 3 is 3.00 bits per heavy atom. The molecule has 2 unspecified atom stereocenters. The van der Waals surface area contributed by atoms with Crippen molar-refractivity contribution in [1.82, 2.24) is 5.32 Å². The maximum Gasteiger partial charge on any atom is 0.287 e. The zero-order chi connectivity index (χ0) is 15.7. The maximum atomic E-state index is 12.4. The molecule has 1 amide bonds. The number of carbonyl (C=O) groups excluding carboxylic acids is 1. The van der Waals surface area contributed by atoms with Crippen LogP contribution in [-0.4, -0.2) is 23.7 Å². The molecule has 1 heterocycles. The number of amides is 1. The molecule has 0 spiro atoms. The van der Waals surface area contributed by atoms with Gasteiger partial charge in [-0.15, -0.1) is 0 Å². The van der Waals surface area contributed by atoms with E-state index in [9.17, 15) is 14.7 Å². The normalized spacial score (nSPS) is 24.5. The predicted octanol–water partition coefficient (Wildman–Crippen LogP) is 2.07. The lowest BCUT2D eigenvalue weighted by molar-refractivity contribution is 0.0806. The van der Waals surface area contributed by atoms with Crippen molar-refractivity contribution in [3.05, 3.63) is 46.3 Å². The molecule has 1 aromatic carbocycles. The molecule has 2 aromatic rings. The molecule has 1 aliphatic carbocycles. The molecule has 1 aromatic heterocycles. The van der Waals surface area contributed by atoms with Gasteiger partial charge in [0.15, 0.2) is 11.2 Å². The molecule has 0 bridgehead atoms. The van der Waals surface area contributed by atoms with Crippen molar-refractivity contribution in [2.24, 2.45) is 5.41 Å². The minimum absolute atomic E-state index is 0.0101. The predicted molar refractivity (Wildman–Crippen MR) is 82.8 cm³/mol. The van der Waals surface area contributed by atoms with Gasteiger partial charge in [-0.1, -0.05) is 25.5 Å². The van der Waals surface area contributed by atoms with Crippen LogP contribution in [0.5, 0.6) is 0 Å². The lowest BCUT2D eigenvalue weighted by atomic mass is 9.86. The van der Waals surface area contributed by atoms with Crippen LogP contribution in [0.4, 0.5) is 0 Å². The molecule has 2 N–H and O–H groups in total. The van der Waals surface area contributed by atoms with Crippen molar-refractivity contribution >= 4 is 16.9 Å². The monoisotopic (exact) mass is 301 g/mol. The van der Waals surface area contributed by atoms with Crippen LogP contribution in [0, 0.1) is 5.41 Å². The van der Waals surface area contributed by atoms with Crippen LogP contribution in [0.15, 0.2) is 39.5 Å². The van der Waals surface area contributed by atoms with Gasteiger partial charge in [0.05, 0.1) is 12.0 Å². The third-order valence-corrected chi connectivity index (χ3v) is 4.61. The third-order valence-electron chi connectivity index (χ3n) is 4.61. The fraction of sp³-hybridized carbons (Fsp3) is 0.412. The highest BCUT2D eigenvalue weighted by atomic mass is 16.3. The van der Waals surface area contributed by atoms with Gasteiger partial charge in [-0.2, -0.15) is 0 Å². The maximum absolute atomic E-state index is 12.4. The molecular weight excluding hydrogens is 282 g/mol. The molecule has 0 radical (unpaired) electrons. The number of para-hydroxylation sites is 1. The van der Waals surface area contributed by atoms with E-state index in [0.717, 1.165) is 19.3 Å². The van der Waals surface area contributed by atoms with Gasteiger partial charge in [0, 0.05) is 17.5 Å². The van der Waals surface area contributed by atoms with Gasteiger partial charge in [-0.05, 0) is 25.0 Å². The molecular formula is C17H19NO4. The molecule has 1 fully saturated rings. The summed E-state index contributed by atoms with van der Waals surface area (Å²) in [6.07, 6.45) is 2.65. The number of benzene rings is 1. The van der Waals surface area contributed by atoms with Crippen LogP contribution in [0.1, 0.15) is 36.7 Å². The van der Waals surface area contributed by atoms with Gasteiger partial charge < -0.3 is 14.8 Å². The molecule has 2 atom stereocenters. The molecule has 22 heavy (non-hydrogen) atoms. The Kier molecular flexibility index (Phi) is 3.74. The van der Waals surface area contributed by atoms with Crippen molar-refractivity contribution in [2.45, 2.75) is 32.2 Å². The molecule has 0 saturated heterocycles. The summed E-state index contributed by atoms with van der Waals surface area (Å²) in [7, 11) is 0. The van der Waals surface area contributed by atoms with E-state index in [1.807, 2.05) is 6.92 Å². The highest BCUT2D eigenvalue weighted by molar-refractivity contribution is 5.93. The van der Waals surface area contributed by atoms with E-state index in [0.29, 0.717) is 11.0 Å². The van der Waals surface area contributed by atoms with Gasteiger partial charge >= 0.3 is 0 Å². The summed E-state index contributed by atoms with van der Waals surface area (Å²) in [4.78, 5) is 24.4. The van der Waals surface area contributed by atoms with E-state index in [4.69, 9.17) is 4.42 Å². The topological polar surface area (TPSA) is 79.5 Å². The average molecular weight is 301 g/mol. The van der Waals surface area contributed by atoms with Gasteiger partial charge in [-0.25, -0.2) is 0 Å². The number of fused-ring (bicyclic) bond motifs is 1. The molecule has 116 valence electrons. The van der Waals surface area contributed by atoms with Gasteiger partial charge in [0.1, 0.15) is 5.58 Å². The number of aliphatic hydroxyl groups excluding tert-OH is 1. The quantitative estimate of drug-likeness (QED) is 0.909. The number of hydrogen-bond acceptors (Lipinski definition) is 4. The molecule has 5 heteroatoms. The summed E-state index contributed by atoms with van der Waals surface area (Å²) in [6.45, 7) is 1.99. The first-order valence-corrected chi connectivity index (χ1v) is 7.48. The van der Waals surface area contributed by atoms with E-state index in [1.165, 1.54) is 6.07 Å². The third kappa shape index (κ3) is 2.52. The molecule has 0 aliphatic heterocycles. The summed E-state index contributed by atoms with van der Waals surface area (Å²) in [5.41, 5.74) is -0.146. The second-order valence-electron chi connectivity index (χ2n) is 6.20. The van der Waals surface area contributed by atoms with Crippen molar-refractivity contribution in [3.8, 4) is 0 Å². The molecule has 3 rings (SSSR count). The van der Waals surface area contributed by atoms with Gasteiger partial charge in [0.25, 0.3) is 5.91 Å². The summed E-state index contributed by atoms with van der Waals surface area (Å²) < 4.78 is 5.54. The lowest BCUT2D eigenvalue weighted by Crippen LogP contribution is -2.44. The lowest BCUT2D eigenvalue weighted by Gasteiger charge is -2.29. The van der Waals surface area contributed by atoms with Crippen molar-refractivity contribution in [1.29, 1.82) is 0 Å². The number of nitrogens with one attached hydrogen (secondary N) is 1. The number of rotatable bonds is 3. The largest absolute Gasteiger partial charge is 0.451 e. The summed E-state index contributed by atoms with van der Waals surface area (Å²) in [5.74, 6) is -0.398. The number of carbonyl (C=O) groups is 1. The zero-order valence-electron chi connectivity index (χ0n) is 12.5. The molecule has 1 aliphatic rings. The van der Waals surface area contributed by atoms with E-state index in [-0.39, 0.29) is 29.3 Å². The minimum Gasteiger partial charge on any atom is -0.451 e. The number of hydrogen-bond donors (Lipinski definition) is 2. The Balaban J connectivity index is 1.88. The standard InChI is InChI=1S/C17H19NO4/c1-17(10-19)8-4-7-15(17)18-16(21)14-9-12(20)11-5-2-3-6-13(11)22-14/h2-3,5-6,9,15,19H,4,7-8,10H2,1H3,(H,18,21). The van der Waals surface area contributed by atoms with Crippen molar-refractivity contribution < 1.29 is 14.3 Å². The summed E-state index contributed by atoms with van der Waals surface area (Å²) in [5, 5.41) is 12.9. The number of aliphatic hydroxyl groups is 1. The van der Waals surface area contributed by atoms with Crippen molar-refractivity contribution in [3.63, 3.8) is 0 Å². The Bertz CT molecular complexity index is 767. The SMILES string of the molecule is CC1(CO)CCCC1NC(=O)c1cc(=O)c2ccccc2o1. The van der Waals surface area contributed by atoms with Crippen LogP contribution in [-0.2, 0) is 0 Å². The van der Waals surface area contributed by atoms with E-state index in [2.05, 4.69) is 5.32 Å². The first-order chi connectivity index (χ1) is 10.5. The fourth-order valence-corrected chi connectivity index (χ4v) is 3.11. The average Bonchev–Trinajstić information content (AvgIpc) is 2.89. The Hall–Kier alpha value is -2.14. The van der Waals surface area contributed by atoms with Crippen LogP contribution in [0.2, 0.25) is 0 Å². The Labute approximate surface area is 127 Å². The van der Waals surface area contributed by atoms with Gasteiger partial charge in [-0.3, -0.25) is 9.59 Å². The fourth-order valence-electron chi connectivity index (χ4n) is 3.11. The van der Waals surface area contributed by atoms with Crippen LogP contribution >= 0.6 is 0 Å². The van der Waals surface area contributed by atoms with Crippen LogP contribution in [0.25, 0.3) is 11.0 Å². The first kappa shape index (κ1) is 14.8. The van der Waals surface area contributed by atoms with E-state index >= 15 is 0 Å². The smallest absolute Gasteiger partial charge is 0.287 e. The van der Waals surface area contributed by atoms with Crippen molar-refractivity contribution in [2.75, 3.05) is 6.61 Å². The zero-order valence-corrected chi connectivity index (χ0v) is 12.5. The van der Waals surface area contributed by atoms with Gasteiger partial charge in [0.2, 0.25) is 0 Å². The Morgan fingerprint density at radius 2 is 2.23 bits per heavy atom. The van der Waals surface area contributed by atoms with E-state index < -0.39 is 5.91 Å². The van der Waals surface area contributed by atoms with E-state index in [1.54, 1.807) is 24.3 Å². The first-order valence-electron chi connectivity index (χ1n) is 7.48. The summed E-state index contributed by atoms with van der Waals surface area (Å²) >= 11 is 0. The Morgan fingerprint density at radius 1 is 1.45 bits per heavy atom. The molecule has 5 nitrogen and oxygen atoms in total. The van der Waals surface area contributed by atoms with Crippen LogP contribution in [0.3, 0.4) is 0 Å². The second kappa shape index (κ2) is 5.57. The summed E-state index contributed by atoms with van der Waals surface area (Å²) in [6, 6.07) is 7.96.